The van der Waals surface area contributed by atoms with Crippen molar-refractivity contribution in [1.82, 2.24) is 0 Å². The largest absolute Gasteiger partial charge is 0.0838 e. The Morgan fingerprint density at radius 3 is 1.73 bits per heavy atom. The Bertz CT molecular complexity index is 233. The fraction of sp³-hybridized carbons (Fsp3) is 0.333. The predicted molar refractivity (Wildman–Crippen MR) is 45.7 cm³/mol. The van der Waals surface area contributed by atoms with Crippen LogP contribution in [0.5, 0.6) is 0 Å². The molecule has 0 radical (unpaired) electrons. The second-order valence-corrected chi connectivity index (χ2v) is 3.09. The fourth-order valence-corrected chi connectivity index (χ4v) is 1.27. The zero-order valence-corrected chi connectivity index (χ0v) is 11.0. The summed E-state index contributed by atoms with van der Waals surface area (Å²) in [5.41, 5.74) is 3.61. The van der Waals surface area contributed by atoms with E-state index in [9.17, 15) is 0 Å². The smallest absolute Gasteiger partial charge is 0.0464 e. The molecular formula is C9H11ClZn. The van der Waals surface area contributed by atoms with Gasteiger partial charge in [0.1, 0.15) is 0 Å². The molecule has 0 saturated carbocycles. The molecular weight excluding hydrogens is 209 g/mol. The first-order chi connectivity index (χ1) is 4.61. The van der Waals surface area contributed by atoms with Crippen LogP contribution in [-0.4, -0.2) is 0 Å². The topological polar surface area (TPSA) is 0 Å². The predicted octanol–water partition coefficient (Wildman–Crippen LogP) is 3.26. The first-order valence-corrected chi connectivity index (χ1v) is 3.72. The van der Waals surface area contributed by atoms with Gasteiger partial charge in [-0.05, 0) is 31.9 Å². The molecule has 56 valence electrons. The molecule has 0 saturated heterocycles. The molecule has 0 spiro atoms. The van der Waals surface area contributed by atoms with Gasteiger partial charge in [0.25, 0.3) is 0 Å². The first kappa shape index (κ1) is 11.1. The van der Waals surface area contributed by atoms with Crippen LogP contribution >= 0.6 is 11.6 Å². The van der Waals surface area contributed by atoms with E-state index in [1.807, 2.05) is 13.8 Å². The van der Waals surface area contributed by atoms with Gasteiger partial charge in [-0.15, -0.1) is 0 Å². The molecule has 0 heterocycles. The maximum atomic E-state index is 5.95. The number of hydrogen-bond acceptors (Lipinski definition) is 0. The molecule has 0 atom stereocenters. The van der Waals surface area contributed by atoms with Crippen molar-refractivity contribution in [3.8, 4) is 0 Å². The van der Waals surface area contributed by atoms with Gasteiger partial charge < -0.3 is 0 Å². The second-order valence-electron chi connectivity index (χ2n) is 2.71. The summed E-state index contributed by atoms with van der Waals surface area (Å²) in [6.45, 7) is 6.14. The van der Waals surface area contributed by atoms with E-state index in [1.165, 1.54) is 16.7 Å². The Labute approximate surface area is 85.7 Å². The zero-order valence-electron chi connectivity index (χ0n) is 7.24. The van der Waals surface area contributed by atoms with Gasteiger partial charge in [-0.25, -0.2) is 0 Å². The van der Waals surface area contributed by atoms with Crippen LogP contribution in [-0.2, 0) is 19.5 Å². The molecule has 0 aliphatic carbocycles. The van der Waals surface area contributed by atoms with Crippen molar-refractivity contribution >= 4 is 11.6 Å². The summed E-state index contributed by atoms with van der Waals surface area (Å²) in [5, 5.41) is 0.894. The first-order valence-electron chi connectivity index (χ1n) is 3.34. The Morgan fingerprint density at radius 2 is 1.36 bits per heavy atom. The standard InChI is InChI=1S/C9H11Cl.Zn/c1-6-4-7(2)9(10)8(3)5-6;/h4-5H,1-3H3;. The normalized spacial score (nSPS) is 9.09. The van der Waals surface area contributed by atoms with Crippen LogP contribution < -0.4 is 0 Å². The van der Waals surface area contributed by atoms with E-state index in [2.05, 4.69) is 19.1 Å². The van der Waals surface area contributed by atoms with Crippen LogP contribution in [0.4, 0.5) is 0 Å². The second kappa shape index (κ2) is 4.23. The third kappa shape index (κ3) is 2.58. The van der Waals surface area contributed by atoms with Gasteiger partial charge in [0, 0.05) is 24.5 Å². The number of rotatable bonds is 0. The molecule has 0 aliphatic rings. The van der Waals surface area contributed by atoms with Gasteiger partial charge >= 0.3 is 0 Å². The number of hydrogen-bond donors (Lipinski definition) is 0. The van der Waals surface area contributed by atoms with E-state index in [0.29, 0.717) is 0 Å². The van der Waals surface area contributed by atoms with Crippen LogP contribution in [0.15, 0.2) is 12.1 Å². The summed E-state index contributed by atoms with van der Waals surface area (Å²) in [4.78, 5) is 0. The van der Waals surface area contributed by atoms with Crippen molar-refractivity contribution in [3.63, 3.8) is 0 Å². The molecule has 0 nitrogen and oxygen atoms in total. The van der Waals surface area contributed by atoms with Crippen LogP contribution in [0.2, 0.25) is 5.02 Å². The molecule has 11 heavy (non-hydrogen) atoms. The number of benzene rings is 1. The monoisotopic (exact) mass is 218 g/mol. The van der Waals surface area contributed by atoms with Gasteiger partial charge in [0.05, 0.1) is 0 Å². The molecule has 0 aromatic heterocycles. The van der Waals surface area contributed by atoms with E-state index in [4.69, 9.17) is 11.6 Å². The molecule has 1 aromatic rings. The van der Waals surface area contributed by atoms with Crippen LogP contribution in [0.3, 0.4) is 0 Å². The van der Waals surface area contributed by atoms with E-state index < -0.39 is 0 Å². The van der Waals surface area contributed by atoms with Gasteiger partial charge in [-0.3, -0.25) is 0 Å². The number of aryl methyl sites for hydroxylation is 3. The van der Waals surface area contributed by atoms with Crippen molar-refractivity contribution in [2.45, 2.75) is 20.8 Å². The molecule has 1 aromatic carbocycles. The average molecular weight is 220 g/mol. The summed E-state index contributed by atoms with van der Waals surface area (Å²) in [6, 6.07) is 4.19. The van der Waals surface area contributed by atoms with Crippen molar-refractivity contribution in [2.24, 2.45) is 0 Å². The minimum atomic E-state index is 0. The average Bonchev–Trinajstić information content (AvgIpc) is 1.82. The molecule has 0 bridgehead atoms. The Hall–Kier alpha value is 0.133. The van der Waals surface area contributed by atoms with E-state index in [-0.39, 0.29) is 19.5 Å². The molecule has 2 heteroatoms. The maximum Gasteiger partial charge on any atom is 0.0464 e. The fourth-order valence-electron chi connectivity index (χ4n) is 1.16. The van der Waals surface area contributed by atoms with E-state index in [1.54, 1.807) is 0 Å². The molecule has 0 aliphatic heterocycles. The van der Waals surface area contributed by atoms with Crippen molar-refractivity contribution in [1.29, 1.82) is 0 Å². The molecule has 1 rings (SSSR count). The summed E-state index contributed by atoms with van der Waals surface area (Å²) in [5.74, 6) is 0. The van der Waals surface area contributed by atoms with Crippen LogP contribution in [0, 0.1) is 20.8 Å². The quantitative estimate of drug-likeness (QED) is 0.588. The van der Waals surface area contributed by atoms with Crippen molar-refractivity contribution in [3.05, 3.63) is 33.8 Å². The SMILES string of the molecule is Cc1cc(C)c(Cl)c(C)c1.[Zn]. The summed E-state index contributed by atoms with van der Waals surface area (Å²) in [6.07, 6.45) is 0. The Balaban J connectivity index is 0.000001000. The number of halogens is 1. The molecule has 0 N–H and O–H groups in total. The van der Waals surface area contributed by atoms with Gasteiger partial charge in [0.2, 0.25) is 0 Å². The van der Waals surface area contributed by atoms with Gasteiger partial charge in [-0.1, -0.05) is 29.3 Å². The van der Waals surface area contributed by atoms with Crippen molar-refractivity contribution in [2.75, 3.05) is 0 Å². The van der Waals surface area contributed by atoms with Crippen molar-refractivity contribution < 1.29 is 19.5 Å². The Kier molecular flexibility index (Phi) is 4.28. The van der Waals surface area contributed by atoms with E-state index in [0.717, 1.165) is 5.02 Å². The zero-order chi connectivity index (χ0) is 7.72. The minimum Gasteiger partial charge on any atom is -0.0838 e. The van der Waals surface area contributed by atoms with E-state index >= 15 is 0 Å². The van der Waals surface area contributed by atoms with Crippen LogP contribution in [0.25, 0.3) is 0 Å². The maximum absolute atomic E-state index is 5.95. The Morgan fingerprint density at radius 1 is 1.00 bits per heavy atom. The molecule has 0 amide bonds. The summed E-state index contributed by atoms with van der Waals surface area (Å²) < 4.78 is 0. The summed E-state index contributed by atoms with van der Waals surface area (Å²) in [7, 11) is 0. The van der Waals surface area contributed by atoms with Crippen LogP contribution in [0.1, 0.15) is 16.7 Å². The van der Waals surface area contributed by atoms with Gasteiger partial charge in [-0.2, -0.15) is 0 Å². The van der Waals surface area contributed by atoms with Gasteiger partial charge in [0.15, 0.2) is 0 Å². The summed E-state index contributed by atoms with van der Waals surface area (Å²) >= 11 is 5.95. The minimum absolute atomic E-state index is 0. The molecule has 0 fully saturated rings. The molecule has 0 unspecified atom stereocenters. The third-order valence-electron chi connectivity index (χ3n) is 1.58. The third-order valence-corrected chi connectivity index (χ3v) is 2.18.